The van der Waals surface area contributed by atoms with E-state index in [0.29, 0.717) is 12.3 Å². The van der Waals surface area contributed by atoms with Crippen LogP contribution in [0.15, 0.2) is 59.2 Å². The maximum Gasteiger partial charge on any atom is 0.230 e. The quantitative estimate of drug-likeness (QED) is 0.686. The maximum atomic E-state index is 13.9. The number of ketones is 1. The molecule has 7 atom stereocenters. The van der Waals surface area contributed by atoms with E-state index in [4.69, 9.17) is 13.9 Å². The lowest BCUT2D eigenvalue weighted by Crippen LogP contribution is -2.55. The fourth-order valence-electron chi connectivity index (χ4n) is 6.31. The number of nitrogens with zero attached hydrogens (tertiary/aromatic N) is 1. The minimum Gasteiger partial charge on any atom is -0.497 e. The molecule has 34 heavy (non-hydrogen) atoms. The third-order valence-electron chi connectivity index (χ3n) is 7.88. The van der Waals surface area contributed by atoms with Crippen molar-refractivity contribution >= 4 is 17.6 Å². The molecule has 8 nitrogen and oxygen atoms in total. The number of nitrogens with one attached hydrogen (secondary N) is 1. The lowest BCUT2D eigenvalue weighted by Gasteiger charge is -2.43. The van der Waals surface area contributed by atoms with Crippen molar-refractivity contribution in [3.63, 3.8) is 0 Å². The van der Waals surface area contributed by atoms with Crippen molar-refractivity contribution in [1.29, 1.82) is 0 Å². The maximum absolute atomic E-state index is 13.9. The number of benzene rings is 1. The largest absolute Gasteiger partial charge is 0.497 e. The van der Waals surface area contributed by atoms with E-state index in [1.165, 1.54) is 0 Å². The fourth-order valence-corrected chi connectivity index (χ4v) is 6.31. The standard InChI is InChI=1S/C26H26N2O6/c1-14-18(29)12-17(19-4-3-11-33-19)28-23(14)26-10-9-20(34-26)21(22(26)25(28)31)24(30)27-13-15-5-7-16(32-2)8-6-15/h3-11,14,17,20-23H,12-13H2,1-2H3,(H,27,30)/t14-,17+,20-,21-,22+,23+,26-/m1/s1. The van der Waals surface area contributed by atoms with Gasteiger partial charge in [0.25, 0.3) is 0 Å². The van der Waals surface area contributed by atoms with E-state index in [1.54, 1.807) is 30.4 Å². The molecule has 2 aromatic rings. The second kappa shape index (κ2) is 7.56. The normalized spacial score (nSPS) is 35.4. The van der Waals surface area contributed by atoms with Gasteiger partial charge in [0.2, 0.25) is 11.8 Å². The van der Waals surface area contributed by atoms with Gasteiger partial charge in [0.05, 0.1) is 43.4 Å². The highest BCUT2D eigenvalue weighted by Gasteiger charge is 2.74. The van der Waals surface area contributed by atoms with Crippen LogP contribution < -0.4 is 10.1 Å². The summed E-state index contributed by atoms with van der Waals surface area (Å²) in [6.07, 6.45) is 5.04. The molecule has 2 amide bonds. The van der Waals surface area contributed by atoms with Gasteiger partial charge in [-0.05, 0) is 29.8 Å². The van der Waals surface area contributed by atoms with Gasteiger partial charge in [-0.25, -0.2) is 0 Å². The molecule has 2 bridgehead atoms. The Morgan fingerprint density at radius 3 is 2.74 bits per heavy atom. The van der Waals surface area contributed by atoms with E-state index >= 15 is 0 Å². The first kappa shape index (κ1) is 21.2. The van der Waals surface area contributed by atoms with Crippen molar-refractivity contribution < 1.29 is 28.3 Å². The van der Waals surface area contributed by atoms with Crippen molar-refractivity contribution in [2.45, 2.75) is 43.7 Å². The number of rotatable bonds is 5. The van der Waals surface area contributed by atoms with Crippen molar-refractivity contribution in [3.05, 3.63) is 66.1 Å². The summed E-state index contributed by atoms with van der Waals surface area (Å²) >= 11 is 0. The van der Waals surface area contributed by atoms with Crippen LogP contribution in [0.25, 0.3) is 0 Å². The molecule has 0 saturated carbocycles. The molecule has 0 radical (unpaired) electrons. The van der Waals surface area contributed by atoms with Gasteiger partial charge in [-0.3, -0.25) is 14.4 Å². The van der Waals surface area contributed by atoms with Crippen molar-refractivity contribution in [1.82, 2.24) is 10.2 Å². The van der Waals surface area contributed by atoms with E-state index in [2.05, 4.69) is 5.32 Å². The van der Waals surface area contributed by atoms with E-state index in [0.717, 1.165) is 11.3 Å². The Kier molecular flexibility index (Phi) is 4.71. The molecule has 3 fully saturated rings. The fraction of sp³-hybridized carbons (Fsp3) is 0.423. The van der Waals surface area contributed by atoms with Crippen molar-refractivity contribution in [2.75, 3.05) is 7.11 Å². The molecule has 176 valence electrons. The van der Waals surface area contributed by atoms with Gasteiger partial charge in [0, 0.05) is 18.9 Å². The molecular weight excluding hydrogens is 436 g/mol. The average Bonchev–Trinajstić information content (AvgIpc) is 3.62. The van der Waals surface area contributed by atoms with E-state index < -0.39 is 41.5 Å². The number of furan rings is 1. The molecule has 6 rings (SSSR count). The predicted octanol–water partition coefficient (Wildman–Crippen LogP) is 2.41. The minimum absolute atomic E-state index is 0.0679. The number of amides is 2. The zero-order valence-electron chi connectivity index (χ0n) is 19.0. The second-order valence-electron chi connectivity index (χ2n) is 9.55. The van der Waals surface area contributed by atoms with Crippen LogP contribution in [0.1, 0.15) is 30.7 Å². The molecule has 1 N–H and O–H groups in total. The molecule has 0 aliphatic carbocycles. The van der Waals surface area contributed by atoms with Crippen LogP contribution in [-0.4, -0.2) is 47.4 Å². The molecule has 4 aliphatic heterocycles. The van der Waals surface area contributed by atoms with Gasteiger partial charge in [-0.1, -0.05) is 31.2 Å². The molecular formula is C26H26N2O6. The molecule has 3 saturated heterocycles. The average molecular weight is 463 g/mol. The number of hydrogen-bond donors (Lipinski definition) is 1. The van der Waals surface area contributed by atoms with Crippen molar-refractivity contribution in [3.8, 4) is 5.75 Å². The smallest absolute Gasteiger partial charge is 0.230 e. The van der Waals surface area contributed by atoms with Crippen LogP contribution in [-0.2, 0) is 25.7 Å². The SMILES string of the molecule is COc1ccc(CNC(=O)[C@H]2[C@H]3C(=O)N4[C@@H]([C@H](C)C(=O)C[C@H]4c4ccco4)[C@@]34C=C[C@H]2O4)cc1. The lowest BCUT2D eigenvalue weighted by molar-refractivity contribution is -0.148. The zero-order valence-corrected chi connectivity index (χ0v) is 19.0. The Labute approximate surface area is 196 Å². The minimum atomic E-state index is -0.982. The summed E-state index contributed by atoms with van der Waals surface area (Å²) < 4.78 is 17.2. The summed E-state index contributed by atoms with van der Waals surface area (Å²) in [5.41, 5.74) is -0.0553. The van der Waals surface area contributed by atoms with Crippen LogP contribution in [0.4, 0.5) is 0 Å². The number of hydrogen-bond acceptors (Lipinski definition) is 6. The number of carbonyl (C=O) groups excluding carboxylic acids is 3. The third kappa shape index (κ3) is 2.84. The van der Waals surface area contributed by atoms with Gasteiger partial charge < -0.3 is 24.1 Å². The van der Waals surface area contributed by atoms with E-state index in [1.807, 2.05) is 43.3 Å². The monoisotopic (exact) mass is 462 g/mol. The highest BCUT2D eigenvalue weighted by molar-refractivity contribution is 5.96. The molecule has 5 heterocycles. The first-order valence-electron chi connectivity index (χ1n) is 11.6. The van der Waals surface area contributed by atoms with E-state index in [-0.39, 0.29) is 24.0 Å². The van der Waals surface area contributed by atoms with Gasteiger partial charge in [0.15, 0.2) is 0 Å². The molecule has 4 aliphatic rings. The zero-order chi connectivity index (χ0) is 23.6. The highest BCUT2D eigenvalue weighted by Crippen LogP contribution is 2.59. The van der Waals surface area contributed by atoms with Crippen LogP contribution in [0.5, 0.6) is 5.75 Å². The van der Waals surface area contributed by atoms with Gasteiger partial charge in [-0.15, -0.1) is 0 Å². The predicted molar refractivity (Wildman–Crippen MR) is 119 cm³/mol. The topological polar surface area (TPSA) is 98.1 Å². The summed E-state index contributed by atoms with van der Waals surface area (Å²) in [4.78, 5) is 42.0. The third-order valence-corrected chi connectivity index (χ3v) is 7.88. The van der Waals surface area contributed by atoms with Crippen LogP contribution in [0.3, 0.4) is 0 Å². The summed E-state index contributed by atoms with van der Waals surface area (Å²) in [6, 6.07) is 10.0. The Hall–Kier alpha value is -3.39. The summed E-state index contributed by atoms with van der Waals surface area (Å²) in [6.45, 7) is 2.19. The number of carbonyl (C=O) groups is 3. The van der Waals surface area contributed by atoms with Gasteiger partial charge in [-0.2, -0.15) is 0 Å². The second-order valence-corrected chi connectivity index (χ2v) is 9.55. The number of Topliss-reactive ketones (excluding diaryl/α,β-unsaturated/α-hetero) is 1. The van der Waals surface area contributed by atoms with Gasteiger partial charge in [0.1, 0.15) is 22.9 Å². The first-order valence-corrected chi connectivity index (χ1v) is 11.6. The van der Waals surface area contributed by atoms with Crippen LogP contribution in [0.2, 0.25) is 0 Å². The van der Waals surface area contributed by atoms with Crippen LogP contribution in [0, 0.1) is 17.8 Å². The Bertz CT molecular complexity index is 1170. The molecule has 1 spiro atoms. The van der Waals surface area contributed by atoms with Crippen molar-refractivity contribution in [2.24, 2.45) is 17.8 Å². The Morgan fingerprint density at radius 2 is 2.03 bits per heavy atom. The Balaban J connectivity index is 1.29. The highest BCUT2D eigenvalue weighted by atomic mass is 16.5. The van der Waals surface area contributed by atoms with E-state index in [9.17, 15) is 14.4 Å². The summed E-state index contributed by atoms with van der Waals surface area (Å²) in [7, 11) is 1.60. The summed E-state index contributed by atoms with van der Waals surface area (Å²) in [5.74, 6) is -0.709. The number of ether oxygens (including phenoxy) is 2. The van der Waals surface area contributed by atoms with Gasteiger partial charge >= 0.3 is 0 Å². The molecule has 1 aromatic carbocycles. The molecule has 8 heteroatoms. The Morgan fingerprint density at radius 1 is 1.24 bits per heavy atom. The molecule has 1 aromatic heterocycles. The lowest BCUT2D eigenvalue weighted by atomic mass is 9.70. The first-order chi connectivity index (χ1) is 16.4. The number of piperidine rings is 1. The number of fused-ring (bicyclic) bond motifs is 2. The van der Waals surface area contributed by atoms with Crippen LogP contribution >= 0.6 is 0 Å². The number of methoxy groups -OCH3 is 1. The molecule has 0 unspecified atom stereocenters. The summed E-state index contributed by atoms with van der Waals surface area (Å²) in [5, 5.41) is 2.98.